The summed E-state index contributed by atoms with van der Waals surface area (Å²) in [7, 11) is 0. The first-order valence-electron chi connectivity index (χ1n) is 8.80. The Kier molecular flexibility index (Phi) is 5.20. The van der Waals surface area contributed by atoms with Gasteiger partial charge in [-0.1, -0.05) is 13.8 Å². The monoisotopic (exact) mass is 356 g/mol. The molecule has 138 valence electrons. The Bertz CT molecular complexity index is 921. The van der Waals surface area contributed by atoms with E-state index in [0.29, 0.717) is 30.3 Å². The van der Waals surface area contributed by atoms with E-state index in [1.165, 1.54) is 4.90 Å². The van der Waals surface area contributed by atoms with Gasteiger partial charge >= 0.3 is 6.09 Å². The third-order valence-corrected chi connectivity index (χ3v) is 4.27. The molecule has 0 unspecified atom stereocenters. The van der Waals surface area contributed by atoms with E-state index in [1.54, 1.807) is 12.5 Å². The molecule has 3 aromatic rings. The van der Waals surface area contributed by atoms with E-state index in [2.05, 4.69) is 15.0 Å². The number of nitrogens with zero attached hydrogens (tertiary/aromatic N) is 5. The van der Waals surface area contributed by atoms with E-state index in [1.807, 2.05) is 30.5 Å². The van der Waals surface area contributed by atoms with Gasteiger partial charge in [0, 0.05) is 25.8 Å². The lowest BCUT2D eigenvalue weighted by atomic mass is 10.2. The maximum Gasteiger partial charge on any atom is 0.407 e. The fourth-order valence-corrected chi connectivity index (χ4v) is 3.13. The number of nitrogens with two attached hydrogens (primary N) is 1. The van der Waals surface area contributed by atoms with Crippen LogP contribution >= 0.6 is 0 Å². The number of hydrogen-bond acceptors (Lipinski definition) is 5. The van der Waals surface area contributed by atoms with Gasteiger partial charge in [-0.3, -0.25) is 4.98 Å². The molecule has 0 aromatic carbocycles. The van der Waals surface area contributed by atoms with Crippen molar-refractivity contribution in [1.29, 1.82) is 0 Å². The van der Waals surface area contributed by atoms with Gasteiger partial charge in [0.1, 0.15) is 16.6 Å². The predicted molar refractivity (Wildman–Crippen MR) is 101 cm³/mol. The van der Waals surface area contributed by atoms with Gasteiger partial charge < -0.3 is 20.3 Å². The van der Waals surface area contributed by atoms with Gasteiger partial charge in [0.2, 0.25) is 0 Å². The number of imidazole rings is 1. The van der Waals surface area contributed by atoms with Crippen molar-refractivity contribution < 1.29 is 9.90 Å². The zero-order valence-corrected chi connectivity index (χ0v) is 15.1. The molecule has 0 aliphatic rings. The van der Waals surface area contributed by atoms with Gasteiger partial charge in [0.15, 0.2) is 5.82 Å². The number of carbonyl (C=O) groups is 1. The number of carboxylic acid groups (broad SMARTS) is 1. The molecule has 26 heavy (non-hydrogen) atoms. The van der Waals surface area contributed by atoms with Crippen LogP contribution in [0, 0.1) is 5.92 Å². The summed E-state index contributed by atoms with van der Waals surface area (Å²) in [6, 6.07) is 3.71. The summed E-state index contributed by atoms with van der Waals surface area (Å²) in [6.07, 6.45) is 4.24. The number of fused-ring (bicyclic) bond motifs is 3. The van der Waals surface area contributed by atoms with E-state index in [9.17, 15) is 9.90 Å². The van der Waals surface area contributed by atoms with Crippen LogP contribution in [0.4, 0.5) is 10.6 Å². The Morgan fingerprint density at radius 1 is 1.31 bits per heavy atom. The molecule has 3 heterocycles. The summed E-state index contributed by atoms with van der Waals surface area (Å²) >= 11 is 0. The van der Waals surface area contributed by atoms with Crippen LogP contribution in [0.2, 0.25) is 0 Å². The standard InChI is InChI=1S/C18H24N6O2/c1-12(2)10-23(18(25)26)8-3-4-9-24-11-21-15-16(24)14-13(22-17(15)19)6-5-7-20-14/h5-7,11-12H,3-4,8-10H2,1-2H3,(H2,19,22)(H,25,26). The van der Waals surface area contributed by atoms with Crippen molar-refractivity contribution in [2.45, 2.75) is 33.2 Å². The minimum absolute atomic E-state index is 0.316. The molecule has 3 rings (SSSR count). The van der Waals surface area contributed by atoms with Crippen LogP contribution in [-0.2, 0) is 6.54 Å². The van der Waals surface area contributed by atoms with Crippen molar-refractivity contribution in [2.75, 3.05) is 18.8 Å². The fraction of sp³-hybridized carbons (Fsp3) is 0.444. The van der Waals surface area contributed by atoms with Crippen LogP contribution in [0.5, 0.6) is 0 Å². The molecule has 0 bridgehead atoms. The van der Waals surface area contributed by atoms with Crippen LogP contribution in [0.1, 0.15) is 26.7 Å². The van der Waals surface area contributed by atoms with Crippen LogP contribution in [0.15, 0.2) is 24.7 Å². The molecule has 8 heteroatoms. The molecule has 1 amide bonds. The maximum atomic E-state index is 11.3. The minimum atomic E-state index is -0.860. The number of pyridine rings is 2. The molecule has 3 N–H and O–H groups in total. The lowest BCUT2D eigenvalue weighted by Crippen LogP contribution is -2.33. The second kappa shape index (κ2) is 7.55. The first kappa shape index (κ1) is 17.9. The average Bonchev–Trinajstić information content (AvgIpc) is 3.02. The minimum Gasteiger partial charge on any atom is -0.465 e. The molecular formula is C18H24N6O2. The topological polar surface area (TPSA) is 110 Å². The number of rotatable bonds is 7. The number of anilines is 1. The summed E-state index contributed by atoms with van der Waals surface area (Å²) in [5, 5.41) is 9.28. The quantitative estimate of drug-likeness (QED) is 0.630. The van der Waals surface area contributed by atoms with Gasteiger partial charge in [0.05, 0.1) is 11.8 Å². The molecule has 0 saturated heterocycles. The van der Waals surface area contributed by atoms with Crippen molar-refractivity contribution in [3.8, 4) is 0 Å². The summed E-state index contributed by atoms with van der Waals surface area (Å²) in [6.45, 7) is 5.85. The van der Waals surface area contributed by atoms with Crippen LogP contribution in [0.3, 0.4) is 0 Å². The number of amides is 1. The summed E-state index contributed by atoms with van der Waals surface area (Å²) in [5.74, 6) is 0.713. The highest BCUT2D eigenvalue weighted by atomic mass is 16.4. The Morgan fingerprint density at radius 3 is 2.85 bits per heavy atom. The molecule has 3 aromatic heterocycles. The molecule has 0 fully saturated rings. The molecule has 0 spiro atoms. The van der Waals surface area contributed by atoms with E-state index in [4.69, 9.17) is 5.73 Å². The number of unbranched alkanes of at least 4 members (excludes halogenated alkanes) is 1. The second-order valence-corrected chi connectivity index (χ2v) is 6.83. The van der Waals surface area contributed by atoms with Crippen molar-refractivity contribution in [1.82, 2.24) is 24.4 Å². The third kappa shape index (κ3) is 3.68. The maximum absolute atomic E-state index is 11.3. The summed E-state index contributed by atoms with van der Waals surface area (Å²) in [5.41, 5.74) is 9.08. The molecular weight excluding hydrogens is 332 g/mol. The van der Waals surface area contributed by atoms with Gasteiger partial charge in [-0.2, -0.15) is 0 Å². The van der Waals surface area contributed by atoms with E-state index >= 15 is 0 Å². The Morgan fingerprint density at radius 2 is 2.12 bits per heavy atom. The average molecular weight is 356 g/mol. The zero-order valence-electron chi connectivity index (χ0n) is 15.1. The van der Waals surface area contributed by atoms with Crippen molar-refractivity contribution in [2.24, 2.45) is 5.92 Å². The van der Waals surface area contributed by atoms with Crippen LogP contribution in [-0.4, -0.2) is 48.7 Å². The molecule has 0 aliphatic heterocycles. The third-order valence-electron chi connectivity index (χ3n) is 4.27. The Hall–Kier alpha value is -2.90. The highest BCUT2D eigenvalue weighted by Gasteiger charge is 2.14. The smallest absolute Gasteiger partial charge is 0.407 e. The number of aryl methyl sites for hydroxylation is 1. The number of hydrogen-bond donors (Lipinski definition) is 2. The zero-order chi connectivity index (χ0) is 18.7. The SMILES string of the molecule is CC(C)CN(CCCCn1cnc2c(N)nc3cccnc3c21)C(=O)O. The Balaban J connectivity index is 1.73. The highest BCUT2D eigenvalue weighted by molar-refractivity contribution is 6.03. The highest BCUT2D eigenvalue weighted by Crippen LogP contribution is 2.25. The second-order valence-electron chi connectivity index (χ2n) is 6.83. The number of aromatic nitrogens is 4. The lowest BCUT2D eigenvalue weighted by Gasteiger charge is -2.21. The predicted octanol–water partition coefficient (Wildman–Crippen LogP) is 2.98. The van der Waals surface area contributed by atoms with Gasteiger partial charge in [0.25, 0.3) is 0 Å². The summed E-state index contributed by atoms with van der Waals surface area (Å²) < 4.78 is 2.02. The van der Waals surface area contributed by atoms with Crippen molar-refractivity contribution >= 4 is 34.0 Å². The molecule has 0 saturated carbocycles. The van der Waals surface area contributed by atoms with Gasteiger partial charge in [-0.25, -0.2) is 14.8 Å². The van der Waals surface area contributed by atoms with Crippen LogP contribution in [0.25, 0.3) is 22.1 Å². The molecule has 0 aliphatic carbocycles. The van der Waals surface area contributed by atoms with E-state index in [0.717, 1.165) is 35.9 Å². The van der Waals surface area contributed by atoms with E-state index < -0.39 is 6.09 Å². The molecule has 8 nitrogen and oxygen atoms in total. The Labute approximate surface area is 151 Å². The normalized spacial score (nSPS) is 11.5. The van der Waals surface area contributed by atoms with Gasteiger partial charge in [-0.05, 0) is 30.9 Å². The first-order chi connectivity index (χ1) is 12.5. The van der Waals surface area contributed by atoms with E-state index in [-0.39, 0.29) is 0 Å². The van der Waals surface area contributed by atoms with Gasteiger partial charge in [-0.15, -0.1) is 0 Å². The molecule has 0 atom stereocenters. The van der Waals surface area contributed by atoms with Crippen molar-refractivity contribution in [3.05, 3.63) is 24.7 Å². The largest absolute Gasteiger partial charge is 0.465 e. The summed E-state index contributed by atoms with van der Waals surface area (Å²) in [4.78, 5) is 25.9. The lowest BCUT2D eigenvalue weighted by molar-refractivity contribution is 0.138. The van der Waals surface area contributed by atoms with Crippen LogP contribution < -0.4 is 5.73 Å². The first-order valence-corrected chi connectivity index (χ1v) is 8.80. The molecule has 0 radical (unpaired) electrons. The fourth-order valence-electron chi connectivity index (χ4n) is 3.13. The number of nitrogen functional groups attached to an aromatic ring is 1. The van der Waals surface area contributed by atoms with Crippen molar-refractivity contribution in [3.63, 3.8) is 0 Å².